The smallest absolute Gasteiger partial charge is 0.191 e. The summed E-state index contributed by atoms with van der Waals surface area (Å²) in [5.74, 6) is 1.55. The Hall–Kier alpha value is -1.26. The molecule has 2 rings (SSSR count). The summed E-state index contributed by atoms with van der Waals surface area (Å²) in [5, 5.41) is 7.55. The molecule has 0 radical (unpaired) electrons. The highest BCUT2D eigenvalue weighted by molar-refractivity contribution is 6.31. The van der Waals surface area contributed by atoms with Gasteiger partial charge in [-0.1, -0.05) is 36.7 Å². The van der Waals surface area contributed by atoms with E-state index in [0.29, 0.717) is 12.5 Å². The number of guanidine groups is 1. The first-order valence-electron chi connectivity index (χ1n) is 8.13. The van der Waals surface area contributed by atoms with Crippen LogP contribution in [0.1, 0.15) is 25.3 Å². The predicted molar refractivity (Wildman–Crippen MR) is 94.5 cm³/mol. The van der Waals surface area contributed by atoms with E-state index in [1.165, 1.54) is 32.5 Å². The van der Waals surface area contributed by atoms with Crippen molar-refractivity contribution in [3.8, 4) is 0 Å². The summed E-state index contributed by atoms with van der Waals surface area (Å²) in [7, 11) is 1.81. The molecule has 1 atom stereocenters. The highest BCUT2D eigenvalue weighted by Gasteiger charge is 2.21. The standard InChI is InChI=1S/C17H27ClN4/c1-3-9-22-10-8-14(13-22)11-20-17(19-2)21-12-15-6-4-5-7-16(15)18/h4-7,14H,3,8-13H2,1-2H3,(H2,19,20,21). The maximum atomic E-state index is 6.17. The number of nitrogens with zero attached hydrogens (tertiary/aromatic N) is 2. The van der Waals surface area contributed by atoms with Gasteiger partial charge in [0.25, 0.3) is 0 Å². The number of aliphatic imine (C=N–C) groups is 1. The fourth-order valence-electron chi connectivity index (χ4n) is 2.88. The Morgan fingerprint density at radius 3 is 2.91 bits per heavy atom. The number of halogens is 1. The predicted octanol–water partition coefficient (Wildman–Crippen LogP) is 2.74. The van der Waals surface area contributed by atoms with Gasteiger partial charge in [-0.3, -0.25) is 4.99 Å². The molecule has 1 aromatic carbocycles. The summed E-state index contributed by atoms with van der Waals surface area (Å²) in [5.41, 5.74) is 1.09. The number of likely N-dealkylation sites (tertiary alicyclic amines) is 1. The number of benzene rings is 1. The van der Waals surface area contributed by atoms with Crippen LogP contribution in [0.25, 0.3) is 0 Å². The first-order valence-corrected chi connectivity index (χ1v) is 8.51. The molecule has 1 heterocycles. The van der Waals surface area contributed by atoms with Crippen molar-refractivity contribution in [3.63, 3.8) is 0 Å². The van der Waals surface area contributed by atoms with Crippen molar-refractivity contribution in [2.45, 2.75) is 26.3 Å². The van der Waals surface area contributed by atoms with Crippen LogP contribution < -0.4 is 10.6 Å². The summed E-state index contributed by atoms with van der Waals surface area (Å²) < 4.78 is 0. The van der Waals surface area contributed by atoms with Crippen LogP contribution in [0.2, 0.25) is 5.02 Å². The largest absolute Gasteiger partial charge is 0.356 e. The third-order valence-electron chi connectivity index (χ3n) is 4.10. The Kier molecular flexibility index (Phi) is 7.00. The van der Waals surface area contributed by atoms with Crippen molar-refractivity contribution >= 4 is 17.6 Å². The molecule has 0 amide bonds. The minimum absolute atomic E-state index is 0.686. The van der Waals surface area contributed by atoms with Crippen LogP contribution in [0.5, 0.6) is 0 Å². The lowest BCUT2D eigenvalue weighted by Gasteiger charge is -2.17. The van der Waals surface area contributed by atoms with Crippen molar-refractivity contribution < 1.29 is 0 Å². The van der Waals surface area contributed by atoms with Crippen LogP contribution in [0, 0.1) is 5.92 Å². The molecular weight excluding hydrogens is 296 g/mol. The molecule has 0 aromatic heterocycles. The Morgan fingerprint density at radius 2 is 2.18 bits per heavy atom. The summed E-state index contributed by atoms with van der Waals surface area (Å²) in [6, 6.07) is 7.89. The average Bonchev–Trinajstić information content (AvgIpc) is 2.97. The normalized spacial score (nSPS) is 19.4. The van der Waals surface area contributed by atoms with E-state index in [2.05, 4.69) is 27.4 Å². The van der Waals surface area contributed by atoms with Crippen LogP contribution in [-0.2, 0) is 6.54 Å². The van der Waals surface area contributed by atoms with Gasteiger partial charge in [0, 0.05) is 31.7 Å². The van der Waals surface area contributed by atoms with E-state index in [1.807, 2.05) is 24.3 Å². The lowest BCUT2D eigenvalue weighted by molar-refractivity contribution is 0.324. The maximum absolute atomic E-state index is 6.17. The van der Waals surface area contributed by atoms with Gasteiger partial charge in [0.2, 0.25) is 0 Å². The molecule has 0 spiro atoms. The fourth-order valence-corrected chi connectivity index (χ4v) is 3.08. The molecule has 1 saturated heterocycles. The molecule has 1 aliphatic rings. The zero-order valence-corrected chi connectivity index (χ0v) is 14.4. The van der Waals surface area contributed by atoms with Crippen molar-refractivity contribution in [3.05, 3.63) is 34.9 Å². The summed E-state index contributed by atoms with van der Waals surface area (Å²) in [6.45, 7) is 7.55. The molecule has 1 aromatic rings. The van der Waals surface area contributed by atoms with E-state index in [0.717, 1.165) is 23.1 Å². The zero-order valence-electron chi connectivity index (χ0n) is 13.6. The van der Waals surface area contributed by atoms with Crippen LogP contribution in [0.15, 0.2) is 29.3 Å². The number of rotatable bonds is 6. The monoisotopic (exact) mass is 322 g/mol. The Balaban J connectivity index is 1.73. The molecule has 0 bridgehead atoms. The third-order valence-corrected chi connectivity index (χ3v) is 4.46. The minimum Gasteiger partial charge on any atom is -0.356 e. The van der Waals surface area contributed by atoms with Gasteiger partial charge in [0.05, 0.1) is 0 Å². The highest BCUT2D eigenvalue weighted by atomic mass is 35.5. The van der Waals surface area contributed by atoms with Crippen molar-refractivity contribution in [1.82, 2.24) is 15.5 Å². The molecule has 22 heavy (non-hydrogen) atoms. The topological polar surface area (TPSA) is 39.7 Å². The number of nitrogens with one attached hydrogen (secondary N) is 2. The molecule has 4 nitrogen and oxygen atoms in total. The second kappa shape index (κ2) is 9.01. The van der Waals surface area contributed by atoms with Gasteiger partial charge in [0.15, 0.2) is 5.96 Å². The molecule has 1 unspecified atom stereocenters. The fraction of sp³-hybridized carbons (Fsp3) is 0.588. The van der Waals surface area contributed by atoms with E-state index >= 15 is 0 Å². The van der Waals surface area contributed by atoms with Gasteiger partial charge in [0.1, 0.15) is 0 Å². The Labute approximate surface area is 138 Å². The van der Waals surface area contributed by atoms with Gasteiger partial charge >= 0.3 is 0 Å². The summed E-state index contributed by atoms with van der Waals surface area (Å²) in [4.78, 5) is 6.83. The number of hydrogen-bond donors (Lipinski definition) is 2. The van der Waals surface area contributed by atoms with E-state index in [4.69, 9.17) is 11.6 Å². The third kappa shape index (κ3) is 5.18. The van der Waals surface area contributed by atoms with Gasteiger partial charge < -0.3 is 15.5 Å². The Bertz CT molecular complexity index is 489. The van der Waals surface area contributed by atoms with E-state index in [1.54, 1.807) is 7.05 Å². The SMILES string of the molecule is CCCN1CCC(CNC(=NC)NCc2ccccc2Cl)C1. The molecule has 122 valence electrons. The quantitative estimate of drug-likeness (QED) is 0.625. The van der Waals surface area contributed by atoms with E-state index in [-0.39, 0.29) is 0 Å². The van der Waals surface area contributed by atoms with Crippen molar-refractivity contribution in [2.24, 2.45) is 10.9 Å². The first kappa shape index (κ1) is 17.1. The molecule has 0 saturated carbocycles. The minimum atomic E-state index is 0.686. The van der Waals surface area contributed by atoms with Crippen LogP contribution >= 0.6 is 11.6 Å². The van der Waals surface area contributed by atoms with Crippen molar-refractivity contribution in [1.29, 1.82) is 0 Å². The molecule has 1 aliphatic heterocycles. The zero-order chi connectivity index (χ0) is 15.8. The second-order valence-corrected chi connectivity index (χ2v) is 6.26. The van der Waals surface area contributed by atoms with E-state index < -0.39 is 0 Å². The van der Waals surface area contributed by atoms with Crippen molar-refractivity contribution in [2.75, 3.05) is 33.2 Å². The van der Waals surface area contributed by atoms with Gasteiger partial charge in [-0.05, 0) is 43.5 Å². The highest BCUT2D eigenvalue weighted by Crippen LogP contribution is 2.16. The molecule has 0 aliphatic carbocycles. The molecule has 5 heteroatoms. The molecule has 2 N–H and O–H groups in total. The average molecular weight is 323 g/mol. The summed E-state index contributed by atoms with van der Waals surface area (Å²) >= 11 is 6.17. The van der Waals surface area contributed by atoms with Gasteiger partial charge in [-0.25, -0.2) is 0 Å². The first-order chi connectivity index (χ1) is 10.7. The van der Waals surface area contributed by atoms with E-state index in [9.17, 15) is 0 Å². The second-order valence-electron chi connectivity index (χ2n) is 5.85. The van der Waals surface area contributed by atoms with Crippen LogP contribution in [-0.4, -0.2) is 44.1 Å². The van der Waals surface area contributed by atoms with Gasteiger partial charge in [-0.2, -0.15) is 0 Å². The molecule has 1 fully saturated rings. The number of hydrogen-bond acceptors (Lipinski definition) is 2. The lowest BCUT2D eigenvalue weighted by atomic mass is 10.1. The lowest BCUT2D eigenvalue weighted by Crippen LogP contribution is -2.40. The van der Waals surface area contributed by atoms with Gasteiger partial charge in [-0.15, -0.1) is 0 Å². The maximum Gasteiger partial charge on any atom is 0.191 e. The summed E-state index contributed by atoms with van der Waals surface area (Å²) in [6.07, 6.45) is 2.51. The van der Waals surface area contributed by atoms with Crippen LogP contribution in [0.3, 0.4) is 0 Å². The van der Waals surface area contributed by atoms with Crippen LogP contribution in [0.4, 0.5) is 0 Å². The molecular formula is C17H27ClN4. The Morgan fingerprint density at radius 1 is 1.36 bits per heavy atom.